The zero-order chi connectivity index (χ0) is 18.6. The number of piperidine rings is 1. The van der Waals surface area contributed by atoms with Crippen molar-refractivity contribution in [1.82, 2.24) is 4.90 Å². The van der Waals surface area contributed by atoms with E-state index in [-0.39, 0.29) is 17.7 Å². The van der Waals surface area contributed by atoms with Crippen LogP contribution in [0.2, 0.25) is 5.02 Å². The third kappa shape index (κ3) is 2.74. The van der Waals surface area contributed by atoms with Crippen molar-refractivity contribution < 1.29 is 14.4 Å². The lowest BCUT2D eigenvalue weighted by Gasteiger charge is -2.55. The number of anilines is 1. The largest absolute Gasteiger partial charge is 0.324 e. The van der Waals surface area contributed by atoms with E-state index in [0.29, 0.717) is 30.0 Å². The van der Waals surface area contributed by atoms with Crippen molar-refractivity contribution in [3.63, 3.8) is 0 Å². The molecule has 1 heterocycles. The van der Waals surface area contributed by atoms with Gasteiger partial charge in [-0.05, 0) is 31.4 Å². The molecule has 2 atom stereocenters. The van der Waals surface area contributed by atoms with E-state index in [1.807, 2.05) is 20.8 Å². The van der Waals surface area contributed by atoms with E-state index in [4.69, 9.17) is 11.6 Å². The molecule has 3 amide bonds. The molecule has 1 saturated heterocycles. The Hall–Kier alpha value is -1.88. The molecular formula is C19H23ClN2O3. The van der Waals surface area contributed by atoms with E-state index >= 15 is 0 Å². The van der Waals surface area contributed by atoms with Gasteiger partial charge in [-0.1, -0.05) is 44.5 Å². The minimum Gasteiger partial charge on any atom is -0.324 e. The number of nitrogens with one attached hydrogen (secondary N) is 1. The van der Waals surface area contributed by atoms with Crippen LogP contribution >= 0.6 is 11.6 Å². The van der Waals surface area contributed by atoms with Crippen LogP contribution in [0, 0.1) is 16.2 Å². The molecule has 3 rings (SSSR count). The van der Waals surface area contributed by atoms with Gasteiger partial charge in [0.05, 0.1) is 10.7 Å². The molecule has 0 spiro atoms. The number of fused-ring (bicyclic) bond motifs is 2. The predicted octanol–water partition coefficient (Wildman–Crippen LogP) is 3.48. The highest BCUT2D eigenvalue weighted by atomic mass is 35.5. The fourth-order valence-corrected chi connectivity index (χ4v) is 5.15. The van der Waals surface area contributed by atoms with Gasteiger partial charge in [0.15, 0.2) is 0 Å². The van der Waals surface area contributed by atoms with Crippen LogP contribution in [0.4, 0.5) is 5.69 Å². The van der Waals surface area contributed by atoms with Crippen molar-refractivity contribution in [2.24, 2.45) is 16.2 Å². The minimum atomic E-state index is -0.826. The topological polar surface area (TPSA) is 66.5 Å². The molecule has 2 bridgehead atoms. The average Bonchev–Trinajstić information content (AvgIpc) is 2.52. The van der Waals surface area contributed by atoms with Crippen LogP contribution < -0.4 is 5.32 Å². The maximum atomic E-state index is 13.0. The Labute approximate surface area is 152 Å². The first-order valence-electron chi connectivity index (χ1n) is 8.39. The van der Waals surface area contributed by atoms with Crippen LogP contribution in [0.25, 0.3) is 0 Å². The maximum absolute atomic E-state index is 13.0. The quantitative estimate of drug-likeness (QED) is 0.819. The van der Waals surface area contributed by atoms with Crippen LogP contribution in [-0.2, 0) is 14.4 Å². The fraction of sp³-hybridized carbons (Fsp3) is 0.526. The number of hydrogen-bond donors (Lipinski definition) is 1. The second-order valence-electron chi connectivity index (χ2n) is 8.32. The van der Waals surface area contributed by atoms with Crippen LogP contribution in [0.3, 0.4) is 0 Å². The third-order valence-corrected chi connectivity index (χ3v) is 5.98. The van der Waals surface area contributed by atoms with E-state index in [1.165, 1.54) is 11.9 Å². The summed E-state index contributed by atoms with van der Waals surface area (Å²) in [5.74, 6) is -0.610. The summed E-state index contributed by atoms with van der Waals surface area (Å²) >= 11 is 6.14. The summed E-state index contributed by atoms with van der Waals surface area (Å²) < 4.78 is 0. The van der Waals surface area contributed by atoms with Gasteiger partial charge in [-0.2, -0.15) is 0 Å². The number of carbonyl (C=O) groups excluding carboxylic acids is 3. The zero-order valence-electron chi connectivity index (χ0n) is 15.0. The molecule has 0 radical (unpaired) electrons. The van der Waals surface area contributed by atoms with Gasteiger partial charge >= 0.3 is 0 Å². The number of rotatable bonds is 2. The number of nitrogens with zero attached hydrogens (tertiary/aromatic N) is 1. The lowest BCUT2D eigenvalue weighted by Crippen LogP contribution is -2.63. The minimum absolute atomic E-state index is 0.202. The molecule has 1 N–H and O–H groups in total. The van der Waals surface area contributed by atoms with Gasteiger partial charge in [0.25, 0.3) is 0 Å². The molecular weight excluding hydrogens is 340 g/mol. The molecule has 2 unspecified atom stereocenters. The van der Waals surface area contributed by atoms with Crippen molar-refractivity contribution in [3.8, 4) is 0 Å². The lowest BCUT2D eigenvalue weighted by atomic mass is 9.51. The first kappa shape index (κ1) is 17.9. The lowest BCUT2D eigenvalue weighted by molar-refractivity contribution is -0.177. The Morgan fingerprint density at radius 1 is 1.04 bits per heavy atom. The van der Waals surface area contributed by atoms with E-state index in [1.54, 1.807) is 24.3 Å². The molecule has 25 heavy (non-hydrogen) atoms. The SMILES string of the molecule is CN1C(=O)C2(C)CC(C)(C(=O)Nc3ccccc3Cl)CC(C)(C2)C1=O. The summed E-state index contributed by atoms with van der Waals surface area (Å²) in [5, 5.41) is 3.34. The number of hydrogen-bond acceptors (Lipinski definition) is 3. The molecule has 6 heteroatoms. The number of carbonyl (C=O) groups is 3. The summed E-state index contributed by atoms with van der Waals surface area (Å²) in [4.78, 5) is 39.6. The highest BCUT2D eigenvalue weighted by Crippen LogP contribution is 2.58. The standard InChI is InChI=1S/C19H23ClN2O3/c1-17(14(23)21-13-8-6-5-7-12(13)20)9-18(2)11-19(3,10-17)16(25)22(4)15(18)24/h5-8H,9-11H2,1-4H3,(H,21,23). The van der Waals surface area contributed by atoms with Gasteiger partial charge in [0.1, 0.15) is 0 Å². The predicted molar refractivity (Wildman–Crippen MR) is 96.0 cm³/mol. The Morgan fingerprint density at radius 2 is 1.56 bits per heavy atom. The molecule has 1 aromatic rings. The van der Waals surface area contributed by atoms with Crippen LogP contribution in [0.1, 0.15) is 40.0 Å². The van der Waals surface area contributed by atoms with Gasteiger partial charge in [-0.3, -0.25) is 19.3 Å². The highest BCUT2D eigenvalue weighted by Gasteiger charge is 2.62. The summed E-state index contributed by atoms with van der Waals surface area (Å²) in [6.45, 7) is 5.55. The van der Waals surface area contributed by atoms with E-state index in [0.717, 1.165) is 0 Å². The van der Waals surface area contributed by atoms with Crippen LogP contribution in [0.5, 0.6) is 0 Å². The second-order valence-corrected chi connectivity index (χ2v) is 8.72. The Morgan fingerprint density at radius 3 is 2.08 bits per heavy atom. The van der Waals surface area contributed by atoms with Gasteiger partial charge in [0, 0.05) is 23.3 Å². The molecule has 1 aliphatic heterocycles. The van der Waals surface area contributed by atoms with Crippen LogP contribution in [0.15, 0.2) is 24.3 Å². The van der Waals surface area contributed by atoms with Crippen molar-refractivity contribution in [2.75, 3.05) is 12.4 Å². The Balaban J connectivity index is 1.94. The zero-order valence-corrected chi connectivity index (χ0v) is 15.7. The van der Waals surface area contributed by atoms with Gasteiger partial charge in [-0.25, -0.2) is 0 Å². The normalized spacial score (nSPS) is 34.8. The summed E-state index contributed by atoms with van der Waals surface area (Å²) in [5.41, 5.74) is -1.73. The van der Waals surface area contributed by atoms with Crippen LogP contribution in [-0.4, -0.2) is 29.7 Å². The Kier molecular flexibility index (Phi) is 3.99. The molecule has 1 aliphatic carbocycles. The molecule has 1 aromatic carbocycles. The maximum Gasteiger partial charge on any atom is 0.234 e. The third-order valence-electron chi connectivity index (χ3n) is 5.65. The molecule has 2 fully saturated rings. The first-order valence-corrected chi connectivity index (χ1v) is 8.77. The van der Waals surface area contributed by atoms with Gasteiger partial charge in [0.2, 0.25) is 17.7 Å². The fourth-order valence-electron chi connectivity index (χ4n) is 4.97. The molecule has 1 saturated carbocycles. The number of halogens is 1. The molecule has 5 nitrogen and oxygen atoms in total. The van der Waals surface area contributed by atoms with Gasteiger partial charge in [-0.15, -0.1) is 0 Å². The smallest absolute Gasteiger partial charge is 0.234 e. The average molecular weight is 363 g/mol. The van der Waals surface area contributed by atoms with Crippen molar-refractivity contribution >= 4 is 35.0 Å². The second kappa shape index (κ2) is 5.56. The number of imide groups is 1. The summed E-state index contributed by atoms with van der Waals surface area (Å²) in [7, 11) is 1.53. The molecule has 0 aromatic heterocycles. The van der Waals surface area contributed by atoms with Crippen molar-refractivity contribution in [3.05, 3.63) is 29.3 Å². The number of amides is 3. The molecule has 134 valence electrons. The van der Waals surface area contributed by atoms with Gasteiger partial charge < -0.3 is 5.32 Å². The van der Waals surface area contributed by atoms with E-state index < -0.39 is 16.2 Å². The summed E-state index contributed by atoms with van der Waals surface area (Å²) in [6.07, 6.45) is 1.29. The van der Waals surface area contributed by atoms with E-state index in [9.17, 15) is 14.4 Å². The number of likely N-dealkylation sites (tertiary alicyclic amines) is 1. The monoisotopic (exact) mass is 362 g/mol. The van der Waals surface area contributed by atoms with Crippen molar-refractivity contribution in [2.45, 2.75) is 40.0 Å². The highest BCUT2D eigenvalue weighted by molar-refractivity contribution is 6.33. The summed E-state index contributed by atoms with van der Waals surface area (Å²) in [6, 6.07) is 7.03. The van der Waals surface area contributed by atoms with E-state index in [2.05, 4.69) is 5.32 Å². The van der Waals surface area contributed by atoms with Crippen molar-refractivity contribution in [1.29, 1.82) is 0 Å². The number of benzene rings is 1. The number of para-hydroxylation sites is 1. The Bertz CT molecular complexity index is 748. The first-order chi connectivity index (χ1) is 11.5. The molecule has 2 aliphatic rings.